The van der Waals surface area contributed by atoms with Crippen molar-refractivity contribution in [3.8, 4) is 11.8 Å². The Kier molecular flexibility index (Phi) is 14.9. The van der Waals surface area contributed by atoms with E-state index in [4.69, 9.17) is 4.74 Å². The molecule has 0 aliphatic heterocycles. The number of ether oxygens (including phenoxy) is 1. The average molecular weight is 429 g/mol. The van der Waals surface area contributed by atoms with E-state index >= 15 is 0 Å². The number of halogens is 3. The van der Waals surface area contributed by atoms with Crippen molar-refractivity contribution in [1.29, 1.82) is 0 Å². The van der Waals surface area contributed by atoms with Crippen molar-refractivity contribution in [2.24, 2.45) is 0 Å². The quantitative estimate of drug-likeness (QED) is 0.211. The summed E-state index contributed by atoms with van der Waals surface area (Å²) in [5.74, 6) is 4.92. The highest BCUT2D eigenvalue weighted by Crippen LogP contribution is 2.14. The minimum absolute atomic E-state index is 0.337. The molecular weight excluding hydrogens is 393 g/mol. The molecule has 1 aromatic rings. The molecule has 0 N–H and O–H groups in total. The van der Waals surface area contributed by atoms with Crippen LogP contribution < -0.4 is 0 Å². The van der Waals surface area contributed by atoms with Crippen LogP contribution in [0.15, 0.2) is 12.1 Å². The van der Waals surface area contributed by atoms with Crippen molar-refractivity contribution >= 4 is 11.8 Å². The molecule has 29 heavy (non-hydrogen) atoms. The topological polar surface area (TPSA) is 9.23 Å². The van der Waals surface area contributed by atoms with E-state index in [0.717, 1.165) is 25.9 Å². The molecule has 5 heteroatoms. The summed E-state index contributed by atoms with van der Waals surface area (Å²) in [6.07, 6.45) is 11.6. The molecule has 1 nitrogen and oxygen atoms in total. The second-order valence-corrected chi connectivity index (χ2v) is 8.73. The van der Waals surface area contributed by atoms with Gasteiger partial charge in [-0.15, -0.1) is 0 Å². The molecule has 0 radical (unpaired) electrons. The Morgan fingerprint density at radius 1 is 0.828 bits per heavy atom. The zero-order valence-electron chi connectivity index (χ0n) is 17.9. The highest BCUT2D eigenvalue weighted by atomic mass is 32.2. The Labute approximate surface area is 179 Å². The maximum atomic E-state index is 13.4. The SMILES string of the molecule is CC(C)OCCCSCCCCCCCCCCC#Cc1c(F)cc(F)cc1F. The van der Waals surface area contributed by atoms with E-state index in [1.54, 1.807) is 0 Å². The first-order chi connectivity index (χ1) is 14.0. The fraction of sp³-hybridized carbons (Fsp3) is 0.667. The highest BCUT2D eigenvalue weighted by Gasteiger charge is 2.08. The summed E-state index contributed by atoms with van der Waals surface area (Å²) in [4.78, 5) is 0. The molecule has 0 saturated carbocycles. The zero-order chi connectivity index (χ0) is 21.3. The minimum atomic E-state index is -0.937. The maximum absolute atomic E-state index is 13.4. The predicted octanol–water partition coefficient (Wildman–Crippen LogP) is 7.51. The Morgan fingerprint density at radius 2 is 1.38 bits per heavy atom. The molecule has 0 saturated heterocycles. The van der Waals surface area contributed by atoms with Crippen LogP contribution in [-0.2, 0) is 4.74 Å². The van der Waals surface area contributed by atoms with E-state index in [1.807, 2.05) is 11.8 Å². The Morgan fingerprint density at radius 3 is 2.00 bits per heavy atom. The summed E-state index contributed by atoms with van der Waals surface area (Å²) in [6.45, 7) is 5.01. The molecule has 0 aliphatic rings. The second kappa shape index (κ2) is 16.7. The van der Waals surface area contributed by atoms with Gasteiger partial charge in [0.05, 0.1) is 11.7 Å². The van der Waals surface area contributed by atoms with Gasteiger partial charge in [0.2, 0.25) is 0 Å². The van der Waals surface area contributed by atoms with Crippen molar-refractivity contribution in [3.63, 3.8) is 0 Å². The Bertz CT molecular complexity index is 599. The van der Waals surface area contributed by atoms with Crippen molar-refractivity contribution in [1.82, 2.24) is 0 Å². The largest absolute Gasteiger partial charge is 0.379 e. The number of rotatable bonds is 15. The summed E-state index contributed by atoms with van der Waals surface area (Å²) in [7, 11) is 0. The van der Waals surface area contributed by atoms with Gasteiger partial charge in [0.25, 0.3) is 0 Å². The van der Waals surface area contributed by atoms with Gasteiger partial charge >= 0.3 is 0 Å². The monoisotopic (exact) mass is 428 g/mol. The van der Waals surface area contributed by atoms with Crippen LogP contribution in [0.25, 0.3) is 0 Å². The van der Waals surface area contributed by atoms with E-state index in [2.05, 4.69) is 25.7 Å². The molecule has 0 spiro atoms. The summed E-state index contributed by atoms with van der Waals surface area (Å²) in [5.41, 5.74) is -0.339. The van der Waals surface area contributed by atoms with Gasteiger partial charge in [-0.05, 0) is 44.6 Å². The van der Waals surface area contributed by atoms with Gasteiger partial charge in [-0.2, -0.15) is 11.8 Å². The van der Waals surface area contributed by atoms with Gasteiger partial charge in [-0.1, -0.05) is 50.4 Å². The molecule has 0 atom stereocenters. The van der Waals surface area contributed by atoms with Crippen LogP contribution in [-0.4, -0.2) is 24.2 Å². The molecule has 0 bridgehead atoms. The number of benzene rings is 1. The molecule has 1 rings (SSSR count). The number of thioether (sulfide) groups is 1. The molecule has 0 heterocycles. The van der Waals surface area contributed by atoms with Gasteiger partial charge in [0.15, 0.2) is 0 Å². The van der Waals surface area contributed by atoms with E-state index in [0.29, 0.717) is 24.7 Å². The second-order valence-electron chi connectivity index (χ2n) is 7.51. The van der Waals surface area contributed by atoms with Gasteiger partial charge < -0.3 is 4.74 Å². The summed E-state index contributed by atoms with van der Waals surface area (Å²) in [6, 6.07) is 1.32. The molecule has 1 aromatic carbocycles. The lowest BCUT2D eigenvalue weighted by Crippen LogP contribution is -2.04. The van der Waals surface area contributed by atoms with Crippen molar-refractivity contribution in [2.45, 2.75) is 84.2 Å². The van der Waals surface area contributed by atoms with Crippen LogP contribution in [0.5, 0.6) is 0 Å². The lowest BCUT2D eigenvalue weighted by molar-refractivity contribution is 0.0800. The lowest BCUT2D eigenvalue weighted by atomic mass is 10.1. The summed E-state index contributed by atoms with van der Waals surface area (Å²) < 4.78 is 45.2. The van der Waals surface area contributed by atoms with Crippen LogP contribution in [0.3, 0.4) is 0 Å². The van der Waals surface area contributed by atoms with Crippen LogP contribution in [0.4, 0.5) is 13.2 Å². The van der Waals surface area contributed by atoms with Crippen LogP contribution in [0, 0.1) is 29.3 Å². The van der Waals surface area contributed by atoms with E-state index in [9.17, 15) is 13.2 Å². The fourth-order valence-corrected chi connectivity index (χ4v) is 3.81. The zero-order valence-corrected chi connectivity index (χ0v) is 18.7. The fourth-order valence-electron chi connectivity index (χ4n) is 2.87. The third kappa shape index (κ3) is 13.7. The standard InChI is InChI=1S/C24H35F3OS/c1-20(2)28-15-13-17-29-16-12-10-8-6-4-3-5-7-9-11-14-22-23(26)18-21(25)19-24(22)27/h18-20H,3-10,12-13,15-17H2,1-2H3. The number of hydrogen-bond donors (Lipinski definition) is 0. The third-order valence-electron chi connectivity index (χ3n) is 4.44. The molecule has 0 amide bonds. The Balaban J connectivity index is 1.90. The summed E-state index contributed by atoms with van der Waals surface area (Å²) >= 11 is 2.03. The van der Waals surface area contributed by atoms with Crippen molar-refractivity contribution < 1.29 is 17.9 Å². The van der Waals surface area contributed by atoms with Gasteiger partial charge in [0, 0.05) is 25.2 Å². The first-order valence-corrected chi connectivity index (χ1v) is 12.0. The Hall–Kier alpha value is -1.12. The molecule has 164 valence electrons. The molecule has 0 aliphatic carbocycles. The first-order valence-electron chi connectivity index (χ1n) is 10.8. The molecule has 0 aromatic heterocycles. The van der Waals surface area contributed by atoms with E-state index < -0.39 is 17.5 Å². The minimum Gasteiger partial charge on any atom is -0.379 e. The maximum Gasteiger partial charge on any atom is 0.144 e. The van der Waals surface area contributed by atoms with E-state index in [1.165, 1.54) is 50.0 Å². The van der Waals surface area contributed by atoms with E-state index in [-0.39, 0.29) is 5.56 Å². The number of unbranched alkanes of at least 4 members (excludes halogenated alkanes) is 8. The molecule has 0 fully saturated rings. The smallest absolute Gasteiger partial charge is 0.144 e. The van der Waals surface area contributed by atoms with Gasteiger partial charge in [0.1, 0.15) is 17.5 Å². The first kappa shape index (κ1) is 25.9. The predicted molar refractivity (Wildman–Crippen MR) is 118 cm³/mol. The third-order valence-corrected chi connectivity index (χ3v) is 5.60. The van der Waals surface area contributed by atoms with Crippen LogP contribution in [0.1, 0.15) is 83.6 Å². The highest BCUT2D eigenvalue weighted by molar-refractivity contribution is 7.99. The van der Waals surface area contributed by atoms with Gasteiger partial charge in [-0.3, -0.25) is 0 Å². The molecular formula is C24H35F3OS. The summed E-state index contributed by atoms with van der Waals surface area (Å²) in [5, 5.41) is 0. The van der Waals surface area contributed by atoms with Crippen LogP contribution >= 0.6 is 11.8 Å². The van der Waals surface area contributed by atoms with Crippen molar-refractivity contribution in [2.75, 3.05) is 18.1 Å². The normalized spacial score (nSPS) is 11.0. The number of hydrogen-bond acceptors (Lipinski definition) is 2. The van der Waals surface area contributed by atoms with Crippen molar-refractivity contribution in [3.05, 3.63) is 35.1 Å². The average Bonchev–Trinajstić information content (AvgIpc) is 2.65. The molecule has 0 unspecified atom stereocenters. The van der Waals surface area contributed by atoms with Gasteiger partial charge in [-0.25, -0.2) is 13.2 Å². The lowest BCUT2D eigenvalue weighted by Gasteiger charge is -2.06. The van der Waals surface area contributed by atoms with Crippen LogP contribution in [0.2, 0.25) is 0 Å².